The van der Waals surface area contributed by atoms with Crippen LogP contribution in [0.2, 0.25) is 0 Å². The SMILES string of the molecule is CNC(C)c1ccnc(Oc2cccc(N(C)C)c2)c1. The third kappa shape index (κ3) is 3.48. The van der Waals surface area contributed by atoms with E-state index in [4.69, 9.17) is 4.74 Å². The van der Waals surface area contributed by atoms with Crippen molar-refractivity contribution in [3.63, 3.8) is 0 Å². The van der Waals surface area contributed by atoms with Gasteiger partial charge in [0.25, 0.3) is 0 Å². The van der Waals surface area contributed by atoms with Crippen LogP contribution >= 0.6 is 0 Å². The lowest BCUT2D eigenvalue weighted by molar-refractivity contribution is 0.461. The molecule has 1 aromatic carbocycles. The van der Waals surface area contributed by atoms with E-state index in [1.54, 1.807) is 6.20 Å². The molecule has 0 amide bonds. The topological polar surface area (TPSA) is 37.4 Å². The molecule has 4 heteroatoms. The van der Waals surface area contributed by atoms with Crippen LogP contribution in [0.25, 0.3) is 0 Å². The van der Waals surface area contributed by atoms with Gasteiger partial charge in [0.05, 0.1) is 0 Å². The Morgan fingerprint density at radius 1 is 1.20 bits per heavy atom. The molecule has 0 aliphatic rings. The summed E-state index contributed by atoms with van der Waals surface area (Å²) in [7, 11) is 5.95. The second-order valence-corrected chi connectivity index (χ2v) is 4.93. The van der Waals surface area contributed by atoms with Crippen LogP contribution in [0.1, 0.15) is 18.5 Å². The normalized spacial score (nSPS) is 12.0. The lowest BCUT2D eigenvalue weighted by Gasteiger charge is -2.14. The highest BCUT2D eigenvalue weighted by molar-refractivity contribution is 5.50. The zero-order valence-corrected chi connectivity index (χ0v) is 12.4. The molecule has 0 spiro atoms. The van der Waals surface area contributed by atoms with Crippen LogP contribution in [0.4, 0.5) is 5.69 Å². The Morgan fingerprint density at radius 3 is 2.70 bits per heavy atom. The third-order valence-electron chi connectivity index (χ3n) is 3.25. The quantitative estimate of drug-likeness (QED) is 0.906. The first-order valence-corrected chi connectivity index (χ1v) is 6.68. The van der Waals surface area contributed by atoms with Crippen LogP contribution in [-0.4, -0.2) is 26.1 Å². The molecule has 0 bridgehead atoms. The number of benzene rings is 1. The number of nitrogens with zero attached hydrogens (tertiary/aromatic N) is 2. The fourth-order valence-electron chi connectivity index (χ4n) is 1.86. The highest BCUT2D eigenvalue weighted by Crippen LogP contribution is 2.25. The molecular weight excluding hydrogens is 250 g/mol. The molecule has 0 aliphatic carbocycles. The van der Waals surface area contributed by atoms with Gasteiger partial charge in [0.1, 0.15) is 5.75 Å². The molecule has 0 fully saturated rings. The minimum absolute atomic E-state index is 0.272. The number of aromatic nitrogens is 1. The zero-order valence-electron chi connectivity index (χ0n) is 12.4. The van der Waals surface area contributed by atoms with Crippen LogP contribution in [0.5, 0.6) is 11.6 Å². The van der Waals surface area contributed by atoms with E-state index in [-0.39, 0.29) is 6.04 Å². The summed E-state index contributed by atoms with van der Waals surface area (Å²) in [5, 5.41) is 3.21. The summed E-state index contributed by atoms with van der Waals surface area (Å²) in [6.45, 7) is 2.10. The molecule has 0 saturated heterocycles. The van der Waals surface area contributed by atoms with Gasteiger partial charge in [-0.25, -0.2) is 4.98 Å². The largest absolute Gasteiger partial charge is 0.439 e. The fourth-order valence-corrected chi connectivity index (χ4v) is 1.86. The summed E-state index contributed by atoms with van der Waals surface area (Å²) in [5.74, 6) is 1.40. The van der Waals surface area contributed by atoms with Crippen LogP contribution in [0.3, 0.4) is 0 Å². The van der Waals surface area contributed by atoms with Gasteiger partial charge in [-0.15, -0.1) is 0 Å². The van der Waals surface area contributed by atoms with Gasteiger partial charge in [0.15, 0.2) is 0 Å². The van der Waals surface area contributed by atoms with Crippen LogP contribution in [0.15, 0.2) is 42.6 Å². The van der Waals surface area contributed by atoms with Crippen molar-refractivity contribution >= 4 is 5.69 Å². The molecule has 106 valence electrons. The van der Waals surface area contributed by atoms with E-state index < -0.39 is 0 Å². The van der Waals surface area contributed by atoms with Crippen LogP contribution in [-0.2, 0) is 0 Å². The van der Waals surface area contributed by atoms with Gasteiger partial charge < -0.3 is 15.0 Å². The van der Waals surface area contributed by atoms with E-state index in [1.807, 2.05) is 62.4 Å². The maximum Gasteiger partial charge on any atom is 0.219 e. The van der Waals surface area contributed by atoms with Crippen molar-refractivity contribution in [1.82, 2.24) is 10.3 Å². The number of nitrogens with one attached hydrogen (secondary N) is 1. The average Bonchev–Trinajstić information content (AvgIpc) is 2.47. The second-order valence-electron chi connectivity index (χ2n) is 4.93. The van der Waals surface area contributed by atoms with Crippen molar-refractivity contribution in [3.8, 4) is 11.6 Å². The Hall–Kier alpha value is -2.07. The number of rotatable bonds is 5. The molecule has 0 saturated carbocycles. The first kappa shape index (κ1) is 14.3. The Morgan fingerprint density at radius 2 is 2.00 bits per heavy atom. The van der Waals surface area contributed by atoms with E-state index >= 15 is 0 Å². The molecule has 0 aliphatic heterocycles. The lowest BCUT2D eigenvalue weighted by atomic mass is 10.1. The summed E-state index contributed by atoms with van der Waals surface area (Å²) in [5.41, 5.74) is 2.25. The highest BCUT2D eigenvalue weighted by Gasteiger charge is 2.06. The maximum absolute atomic E-state index is 5.84. The van der Waals surface area contributed by atoms with Crippen molar-refractivity contribution in [2.24, 2.45) is 0 Å². The zero-order chi connectivity index (χ0) is 14.5. The standard InChI is InChI=1S/C16H21N3O/c1-12(17-2)13-8-9-18-16(10-13)20-15-7-5-6-14(11-15)19(3)4/h5-12,17H,1-4H3. The van der Waals surface area contributed by atoms with Gasteiger partial charge in [-0.05, 0) is 37.7 Å². The molecule has 1 N–H and O–H groups in total. The van der Waals surface area contributed by atoms with Crippen molar-refractivity contribution in [3.05, 3.63) is 48.2 Å². The average molecular weight is 271 g/mol. The minimum Gasteiger partial charge on any atom is -0.439 e. The third-order valence-corrected chi connectivity index (χ3v) is 3.25. The van der Waals surface area contributed by atoms with Gasteiger partial charge in [-0.2, -0.15) is 0 Å². The van der Waals surface area contributed by atoms with Crippen molar-refractivity contribution in [2.45, 2.75) is 13.0 Å². The molecular formula is C16H21N3O. The van der Waals surface area contributed by atoms with Gasteiger partial charge in [0, 0.05) is 44.2 Å². The smallest absolute Gasteiger partial charge is 0.219 e. The van der Waals surface area contributed by atoms with Crippen molar-refractivity contribution in [1.29, 1.82) is 0 Å². The van der Waals surface area contributed by atoms with E-state index in [1.165, 1.54) is 0 Å². The summed E-state index contributed by atoms with van der Waals surface area (Å²) < 4.78 is 5.84. The van der Waals surface area contributed by atoms with Gasteiger partial charge in [-0.1, -0.05) is 6.07 Å². The highest BCUT2D eigenvalue weighted by atomic mass is 16.5. The Bertz CT molecular complexity index is 569. The van der Waals surface area contributed by atoms with E-state index in [9.17, 15) is 0 Å². The molecule has 2 aromatic rings. The molecule has 1 heterocycles. The number of hydrogen-bond acceptors (Lipinski definition) is 4. The molecule has 0 radical (unpaired) electrons. The summed E-state index contributed by atoms with van der Waals surface area (Å²) in [6, 6.07) is 12.2. The summed E-state index contributed by atoms with van der Waals surface area (Å²) in [4.78, 5) is 6.30. The van der Waals surface area contributed by atoms with E-state index in [0.717, 1.165) is 17.0 Å². The molecule has 1 aromatic heterocycles. The molecule has 20 heavy (non-hydrogen) atoms. The van der Waals surface area contributed by atoms with E-state index in [0.29, 0.717) is 5.88 Å². The van der Waals surface area contributed by atoms with E-state index in [2.05, 4.69) is 17.2 Å². The second kappa shape index (κ2) is 6.39. The van der Waals surface area contributed by atoms with Gasteiger partial charge in [0.2, 0.25) is 5.88 Å². The van der Waals surface area contributed by atoms with Gasteiger partial charge >= 0.3 is 0 Å². The first-order chi connectivity index (χ1) is 9.60. The maximum atomic E-state index is 5.84. The number of ether oxygens (including phenoxy) is 1. The number of hydrogen-bond donors (Lipinski definition) is 1. The lowest BCUT2D eigenvalue weighted by Crippen LogP contribution is -2.12. The number of anilines is 1. The first-order valence-electron chi connectivity index (χ1n) is 6.68. The van der Waals surface area contributed by atoms with Gasteiger partial charge in [-0.3, -0.25) is 0 Å². The molecule has 2 rings (SSSR count). The van der Waals surface area contributed by atoms with Crippen molar-refractivity contribution < 1.29 is 4.74 Å². The molecule has 4 nitrogen and oxygen atoms in total. The minimum atomic E-state index is 0.272. The predicted octanol–water partition coefficient (Wildman–Crippen LogP) is 3.22. The molecule has 1 atom stereocenters. The summed E-state index contributed by atoms with van der Waals surface area (Å²) >= 11 is 0. The van der Waals surface area contributed by atoms with Crippen LogP contribution < -0.4 is 15.0 Å². The van der Waals surface area contributed by atoms with Crippen molar-refractivity contribution in [2.75, 3.05) is 26.0 Å². The predicted molar refractivity (Wildman–Crippen MR) is 82.6 cm³/mol. The number of pyridine rings is 1. The molecule has 1 unspecified atom stereocenters. The Kier molecular flexibility index (Phi) is 4.58. The fraction of sp³-hybridized carbons (Fsp3) is 0.312. The summed E-state index contributed by atoms with van der Waals surface area (Å²) in [6.07, 6.45) is 1.77. The monoisotopic (exact) mass is 271 g/mol. The Labute approximate surface area is 120 Å². The Balaban J connectivity index is 2.19. The van der Waals surface area contributed by atoms with Crippen LogP contribution in [0, 0.1) is 0 Å².